The number of rotatable bonds is 4. The normalized spacial score (nSPS) is 18.9. The maximum atomic E-state index is 14.0. The van der Waals surface area contributed by atoms with Crippen LogP contribution in [0.5, 0.6) is 5.75 Å². The standard InChI is InChI=1S/C16H14Cl2F2N2O/c17-11-5-10(7-22-8-11)15(9-3-4-21-6-9)23-16-13(20)2-1-12(19)14(16)18/h1-2,5,7-9,15,21H,3-4,6H2/t9-,15+/m1/s1. The van der Waals surface area contributed by atoms with Crippen molar-refractivity contribution in [2.75, 3.05) is 13.1 Å². The van der Waals surface area contributed by atoms with Crippen LogP contribution in [0, 0.1) is 17.6 Å². The van der Waals surface area contributed by atoms with E-state index in [1.807, 2.05) is 0 Å². The van der Waals surface area contributed by atoms with Crippen molar-refractivity contribution in [3.63, 3.8) is 0 Å². The summed E-state index contributed by atoms with van der Waals surface area (Å²) in [6.45, 7) is 1.53. The van der Waals surface area contributed by atoms with Crippen LogP contribution in [-0.2, 0) is 0 Å². The smallest absolute Gasteiger partial charge is 0.177 e. The summed E-state index contributed by atoms with van der Waals surface area (Å²) in [5.41, 5.74) is 0.700. The first-order valence-electron chi connectivity index (χ1n) is 7.17. The molecule has 122 valence electrons. The third kappa shape index (κ3) is 3.57. The van der Waals surface area contributed by atoms with E-state index >= 15 is 0 Å². The third-order valence-electron chi connectivity index (χ3n) is 3.83. The van der Waals surface area contributed by atoms with Crippen molar-refractivity contribution in [1.29, 1.82) is 0 Å². The summed E-state index contributed by atoms with van der Waals surface area (Å²) in [4.78, 5) is 4.05. The van der Waals surface area contributed by atoms with Gasteiger partial charge >= 0.3 is 0 Å². The van der Waals surface area contributed by atoms with Gasteiger partial charge in [0.25, 0.3) is 0 Å². The van der Waals surface area contributed by atoms with Gasteiger partial charge in [0.1, 0.15) is 16.9 Å². The minimum atomic E-state index is -0.726. The fourth-order valence-electron chi connectivity index (χ4n) is 2.70. The van der Waals surface area contributed by atoms with Crippen LogP contribution < -0.4 is 10.1 Å². The highest BCUT2D eigenvalue weighted by Gasteiger charge is 2.30. The van der Waals surface area contributed by atoms with Crippen LogP contribution in [0.2, 0.25) is 10.0 Å². The summed E-state index contributed by atoms with van der Waals surface area (Å²) in [5, 5.41) is 3.32. The number of nitrogens with one attached hydrogen (secondary N) is 1. The van der Waals surface area contributed by atoms with E-state index in [1.54, 1.807) is 12.3 Å². The average molecular weight is 359 g/mol. The minimum Gasteiger partial charge on any atom is -0.481 e. The van der Waals surface area contributed by atoms with Gasteiger partial charge in [-0.05, 0) is 31.2 Å². The lowest BCUT2D eigenvalue weighted by molar-refractivity contribution is 0.137. The van der Waals surface area contributed by atoms with Crippen LogP contribution in [0.15, 0.2) is 30.6 Å². The molecule has 1 aromatic carbocycles. The van der Waals surface area contributed by atoms with Crippen molar-refractivity contribution >= 4 is 23.2 Å². The van der Waals surface area contributed by atoms with E-state index in [-0.39, 0.29) is 16.7 Å². The lowest BCUT2D eigenvalue weighted by Gasteiger charge is -2.25. The van der Waals surface area contributed by atoms with Crippen molar-refractivity contribution in [2.24, 2.45) is 5.92 Å². The van der Waals surface area contributed by atoms with Crippen LogP contribution >= 0.6 is 23.2 Å². The molecule has 1 aliphatic rings. The molecule has 0 unspecified atom stereocenters. The Morgan fingerprint density at radius 2 is 2.00 bits per heavy atom. The third-order valence-corrected chi connectivity index (χ3v) is 4.39. The first-order valence-corrected chi connectivity index (χ1v) is 7.93. The van der Waals surface area contributed by atoms with Gasteiger partial charge < -0.3 is 10.1 Å². The van der Waals surface area contributed by atoms with Gasteiger partial charge in [0, 0.05) is 30.4 Å². The molecule has 0 saturated carbocycles. The molecule has 3 rings (SSSR count). The molecule has 2 heterocycles. The molecule has 2 atom stereocenters. The summed E-state index contributed by atoms with van der Waals surface area (Å²) >= 11 is 11.9. The number of benzene rings is 1. The molecule has 3 nitrogen and oxygen atoms in total. The largest absolute Gasteiger partial charge is 0.481 e. The molecule has 1 aromatic heterocycles. The molecule has 1 N–H and O–H groups in total. The zero-order valence-corrected chi connectivity index (χ0v) is 13.5. The second-order valence-corrected chi connectivity index (χ2v) is 6.21. The molecule has 0 spiro atoms. The van der Waals surface area contributed by atoms with Gasteiger partial charge in [-0.3, -0.25) is 4.98 Å². The van der Waals surface area contributed by atoms with Gasteiger partial charge in [-0.2, -0.15) is 0 Å². The highest BCUT2D eigenvalue weighted by Crippen LogP contribution is 2.38. The zero-order valence-electron chi connectivity index (χ0n) is 12.0. The number of ether oxygens (including phenoxy) is 1. The van der Waals surface area contributed by atoms with Crippen LogP contribution in [0.3, 0.4) is 0 Å². The molecule has 1 saturated heterocycles. The first kappa shape index (κ1) is 16.4. The van der Waals surface area contributed by atoms with Gasteiger partial charge in [-0.15, -0.1) is 0 Å². The Morgan fingerprint density at radius 3 is 2.70 bits per heavy atom. The number of halogens is 4. The van der Waals surface area contributed by atoms with E-state index in [2.05, 4.69) is 10.3 Å². The maximum absolute atomic E-state index is 14.0. The van der Waals surface area contributed by atoms with Crippen LogP contribution in [0.25, 0.3) is 0 Å². The highest BCUT2D eigenvalue weighted by molar-refractivity contribution is 6.32. The fraction of sp³-hybridized carbons (Fsp3) is 0.312. The maximum Gasteiger partial charge on any atom is 0.177 e. The van der Waals surface area contributed by atoms with Crippen molar-refractivity contribution in [2.45, 2.75) is 12.5 Å². The Hall–Kier alpha value is -1.43. The number of pyridine rings is 1. The van der Waals surface area contributed by atoms with E-state index in [9.17, 15) is 8.78 Å². The Kier molecular flexibility index (Phi) is 4.99. The SMILES string of the molecule is Fc1ccc(F)c(O[C@H](c2cncc(Cl)c2)[C@@H]2CCNC2)c1Cl. The van der Waals surface area contributed by atoms with Gasteiger partial charge in [0.15, 0.2) is 11.6 Å². The molecule has 0 bridgehead atoms. The van der Waals surface area contributed by atoms with Crippen LogP contribution in [-0.4, -0.2) is 18.1 Å². The topological polar surface area (TPSA) is 34.1 Å². The number of aromatic nitrogens is 1. The van der Waals surface area contributed by atoms with Crippen molar-refractivity contribution in [3.8, 4) is 5.75 Å². The summed E-state index contributed by atoms with van der Waals surface area (Å²) in [6.07, 6.45) is 3.43. The second kappa shape index (κ2) is 6.99. The highest BCUT2D eigenvalue weighted by atomic mass is 35.5. The van der Waals surface area contributed by atoms with Gasteiger partial charge in [0.2, 0.25) is 0 Å². The van der Waals surface area contributed by atoms with Crippen molar-refractivity contribution in [1.82, 2.24) is 10.3 Å². The van der Waals surface area contributed by atoms with E-state index in [1.165, 1.54) is 6.20 Å². The number of hydrogen-bond acceptors (Lipinski definition) is 3. The van der Waals surface area contributed by atoms with Crippen LogP contribution in [0.4, 0.5) is 8.78 Å². The monoisotopic (exact) mass is 358 g/mol. The lowest BCUT2D eigenvalue weighted by Crippen LogP contribution is -2.22. The summed E-state index contributed by atoms with van der Waals surface area (Å²) in [5.74, 6) is -1.64. The molecule has 1 fully saturated rings. The second-order valence-electron chi connectivity index (χ2n) is 5.40. The van der Waals surface area contributed by atoms with Gasteiger partial charge in [-0.1, -0.05) is 23.2 Å². The molecule has 7 heteroatoms. The predicted molar refractivity (Wildman–Crippen MR) is 85.0 cm³/mol. The average Bonchev–Trinajstić information content (AvgIpc) is 3.05. The van der Waals surface area contributed by atoms with Crippen molar-refractivity contribution < 1.29 is 13.5 Å². The molecular formula is C16H14Cl2F2N2O. The van der Waals surface area contributed by atoms with Crippen molar-refractivity contribution in [3.05, 3.63) is 57.8 Å². The molecule has 2 aromatic rings. The molecule has 0 radical (unpaired) electrons. The Morgan fingerprint density at radius 1 is 1.22 bits per heavy atom. The van der Waals surface area contributed by atoms with E-state index in [0.717, 1.165) is 25.1 Å². The van der Waals surface area contributed by atoms with E-state index < -0.39 is 17.7 Å². The fourth-order valence-corrected chi connectivity index (χ4v) is 3.08. The predicted octanol–water partition coefficient (Wildman–Crippen LogP) is 4.40. The number of nitrogens with zero attached hydrogens (tertiary/aromatic N) is 1. The summed E-state index contributed by atoms with van der Waals surface area (Å²) in [7, 11) is 0. The summed E-state index contributed by atoms with van der Waals surface area (Å²) in [6, 6.07) is 3.68. The van der Waals surface area contributed by atoms with E-state index in [4.69, 9.17) is 27.9 Å². The molecule has 0 amide bonds. The first-order chi connectivity index (χ1) is 11.1. The zero-order chi connectivity index (χ0) is 16.4. The quantitative estimate of drug-likeness (QED) is 0.822. The van der Waals surface area contributed by atoms with Crippen LogP contribution in [0.1, 0.15) is 18.1 Å². The molecule has 23 heavy (non-hydrogen) atoms. The molecular weight excluding hydrogens is 345 g/mol. The molecule has 1 aliphatic heterocycles. The molecule has 0 aliphatic carbocycles. The Balaban J connectivity index is 1.98. The Labute approximate surface area is 142 Å². The Bertz CT molecular complexity index is 708. The lowest BCUT2D eigenvalue weighted by atomic mass is 9.96. The van der Waals surface area contributed by atoms with E-state index in [0.29, 0.717) is 17.1 Å². The number of hydrogen-bond donors (Lipinski definition) is 1. The summed E-state index contributed by atoms with van der Waals surface area (Å²) < 4.78 is 33.5. The van der Waals surface area contributed by atoms with Gasteiger partial charge in [0.05, 0.1) is 5.02 Å². The van der Waals surface area contributed by atoms with Gasteiger partial charge in [-0.25, -0.2) is 8.78 Å². The minimum absolute atomic E-state index is 0.0778.